The number of carbonyl (C=O) groups is 1. The Bertz CT molecular complexity index is 416. The zero-order chi connectivity index (χ0) is 11.1. The monoisotopic (exact) mass is 200 g/mol. The molecule has 0 fully saturated rings. The van der Waals surface area contributed by atoms with Gasteiger partial charge in [-0.15, -0.1) is 6.42 Å². The van der Waals surface area contributed by atoms with Crippen molar-refractivity contribution in [3.8, 4) is 12.3 Å². The van der Waals surface area contributed by atoms with E-state index in [1.54, 1.807) is 18.2 Å². The summed E-state index contributed by atoms with van der Waals surface area (Å²) in [4.78, 5) is 11.1. The van der Waals surface area contributed by atoms with Crippen molar-refractivity contribution in [1.82, 2.24) is 5.32 Å². The molecule has 3 nitrogen and oxygen atoms in total. The van der Waals surface area contributed by atoms with Crippen LogP contribution in [0, 0.1) is 12.3 Å². The van der Waals surface area contributed by atoms with Crippen LogP contribution in [0.1, 0.15) is 5.56 Å². The molecule has 0 atom stereocenters. The maximum Gasteiger partial charge on any atom is 0.244 e. The van der Waals surface area contributed by atoms with E-state index < -0.39 is 0 Å². The van der Waals surface area contributed by atoms with Gasteiger partial charge in [-0.2, -0.15) is 0 Å². The van der Waals surface area contributed by atoms with Crippen LogP contribution in [0.15, 0.2) is 30.3 Å². The molecular formula is C12H12N2O. The third-order valence-electron chi connectivity index (χ3n) is 1.70. The fourth-order valence-electron chi connectivity index (χ4n) is 1.03. The van der Waals surface area contributed by atoms with Gasteiger partial charge in [0.05, 0.1) is 6.54 Å². The summed E-state index contributed by atoms with van der Waals surface area (Å²) in [6, 6.07) is 7.26. The van der Waals surface area contributed by atoms with Crippen molar-refractivity contribution in [2.24, 2.45) is 0 Å². The minimum absolute atomic E-state index is 0.213. The van der Waals surface area contributed by atoms with E-state index in [0.29, 0.717) is 5.69 Å². The maximum atomic E-state index is 11.1. The second-order valence-corrected chi connectivity index (χ2v) is 2.93. The van der Waals surface area contributed by atoms with Crippen molar-refractivity contribution < 1.29 is 4.79 Å². The van der Waals surface area contributed by atoms with Gasteiger partial charge in [-0.05, 0) is 23.8 Å². The van der Waals surface area contributed by atoms with Gasteiger partial charge in [0.2, 0.25) is 5.91 Å². The van der Waals surface area contributed by atoms with Crippen LogP contribution in [0.25, 0.3) is 6.08 Å². The van der Waals surface area contributed by atoms with Crippen LogP contribution >= 0.6 is 0 Å². The second kappa shape index (κ2) is 5.51. The number of carbonyl (C=O) groups excluding carboxylic acids is 1. The van der Waals surface area contributed by atoms with Gasteiger partial charge in [-0.25, -0.2) is 0 Å². The topological polar surface area (TPSA) is 55.1 Å². The van der Waals surface area contributed by atoms with Gasteiger partial charge in [-0.1, -0.05) is 18.1 Å². The minimum atomic E-state index is -0.213. The molecule has 0 aliphatic rings. The van der Waals surface area contributed by atoms with E-state index in [1.165, 1.54) is 6.08 Å². The predicted octanol–water partition coefficient (Wildman–Crippen LogP) is 1.03. The fraction of sp³-hybridized carbons (Fsp3) is 0.0833. The molecule has 0 aliphatic heterocycles. The Hall–Kier alpha value is -2.21. The van der Waals surface area contributed by atoms with E-state index in [4.69, 9.17) is 12.2 Å². The number of nitrogens with two attached hydrogens (primary N) is 1. The number of amides is 1. The maximum absolute atomic E-state index is 11.1. The third-order valence-corrected chi connectivity index (χ3v) is 1.70. The summed E-state index contributed by atoms with van der Waals surface area (Å²) in [7, 11) is 0. The first-order valence-electron chi connectivity index (χ1n) is 4.47. The summed E-state index contributed by atoms with van der Waals surface area (Å²) in [6.07, 6.45) is 8.10. The van der Waals surface area contributed by atoms with E-state index in [0.717, 1.165) is 5.56 Å². The van der Waals surface area contributed by atoms with E-state index >= 15 is 0 Å². The SMILES string of the molecule is C#CCNC(=O)/C=C/c1cccc(N)c1. The summed E-state index contributed by atoms with van der Waals surface area (Å²) in [5.41, 5.74) is 7.13. The number of hydrogen-bond donors (Lipinski definition) is 2. The Morgan fingerprint density at radius 2 is 2.40 bits per heavy atom. The van der Waals surface area contributed by atoms with Gasteiger partial charge < -0.3 is 11.1 Å². The molecule has 0 saturated carbocycles. The number of hydrogen-bond acceptors (Lipinski definition) is 2. The van der Waals surface area contributed by atoms with Crippen LogP contribution in [0.2, 0.25) is 0 Å². The highest BCUT2D eigenvalue weighted by Crippen LogP contribution is 2.07. The summed E-state index contributed by atoms with van der Waals surface area (Å²) >= 11 is 0. The number of rotatable bonds is 3. The minimum Gasteiger partial charge on any atom is -0.399 e. The lowest BCUT2D eigenvalue weighted by molar-refractivity contribution is -0.116. The first kappa shape index (κ1) is 10.9. The van der Waals surface area contributed by atoms with Gasteiger partial charge in [0.15, 0.2) is 0 Å². The molecule has 0 bridgehead atoms. The quantitative estimate of drug-likeness (QED) is 0.435. The molecule has 1 aromatic rings. The number of benzene rings is 1. The first-order chi connectivity index (χ1) is 7.22. The molecule has 3 N–H and O–H groups in total. The fourth-order valence-corrected chi connectivity index (χ4v) is 1.03. The van der Waals surface area contributed by atoms with Crippen molar-refractivity contribution in [3.63, 3.8) is 0 Å². The molecular weight excluding hydrogens is 188 g/mol. The van der Waals surface area contributed by atoms with Crippen molar-refractivity contribution in [3.05, 3.63) is 35.9 Å². The van der Waals surface area contributed by atoms with E-state index in [-0.39, 0.29) is 12.5 Å². The lowest BCUT2D eigenvalue weighted by Crippen LogP contribution is -2.20. The zero-order valence-electron chi connectivity index (χ0n) is 8.23. The van der Waals surface area contributed by atoms with E-state index in [2.05, 4.69) is 11.2 Å². The lowest BCUT2D eigenvalue weighted by Gasteiger charge is -1.96. The average Bonchev–Trinajstić information content (AvgIpc) is 2.23. The molecule has 1 rings (SSSR count). The van der Waals surface area contributed by atoms with Crippen LogP contribution in [-0.2, 0) is 4.79 Å². The Balaban J connectivity index is 2.58. The Morgan fingerprint density at radius 3 is 3.07 bits per heavy atom. The van der Waals surface area contributed by atoms with Crippen molar-refractivity contribution in [1.29, 1.82) is 0 Å². The highest BCUT2D eigenvalue weighted by Gasteiger charge is 1.92. The molecule has 15 heavy (non-hydrogen) atoms. The summed E-state index contributed by atoms with van der Waals surface area (Å²) in [5, 5.41) is 2.52. The van der Waals surface area contributed by atoms with Crippen LogP contribution in [-0.4, -0.2) is 12.5 Å². The molecule has 3 heteroatoms. The van der Waals surface area contributed by atoms with Crippen LogP contribution in [0.4, 0.5) is 5.69 Å². The normalized spacial score (nSPS) is 9.80. The summed E-state index contributed by atoms with van der Waals surface area (Å²) in [6.45, 7) is 0.236. The molecule has 0 aliphatic carbocycles. The molecule has 0 heterocycles. The Kier molecular flexibility index (Phi) is 3.99. The van der Waals surface area contributed by atoms with Gasteiger partial charge >= 0.3 is 0 Å². The highest BCUT2D eigenvalue weighted by atomic mass is 16.1. The molecule has 0 unspecified atom stereocenters. The standard InChI is InChI=1S/C12H12N2O/c1-2-8-14-12(15)7-6-10-4-3-5-11(13)9-10/h1,3-7,9H,8,13H2,(H,14,15)/b7-6+. The number of nitrogens with one attached hydrogen (secondary N) is 1. The predicted molar refractivity (Wildman–Crippen MR) is 61.7 cm³/mol. The lowest BCUT2D eigenvalue weighted by atomic mass is 10.2. The molecule has 1 aromatic carbocycles. The Morgan fingerprint density at radius 1 is 1.60 bits per heavy atom. The third kappa shape index (κ3) is 4.01. The highest BCUT2D eigenvalue weighted by molar-refractivity contribution is 5.91. The van der Waals surface area contributed by atoms with E-state index in [1.807, 2.05) is 12.1 Å². The molecule has 1 amide bonds. The summed E-state index contributed by atoms with van der Waals surface area (Å²) in [5.74, 6) is 2.11. The Labute approximate surface area is 89.0 Å². The van der Waals surface area contributed by atoms with Crippen LogP contribution in [0.5, 0.6) is 0 Å². The zero-order valence-corrected chi connectivity index (χ0v) is 8.23. The first-order valence-corrected chi connectivity index (χ1v) is 4.47. The molecule has 0 radical (unpaired) electrons. The molecule has 0 aromatic heterocycles. The van der Waals surface area contributed by atoms with Crippen molar-refractivity contribution in [2.75, 3.05) is 12.3 Å². The molecule has 0 spiro atoms. The van der Waals surface area contributed by atoms with Crippen LogP contribution < -0.4 is 11.1 Å². The number of terminal acetylenes is 1. The van der Waals surface area contributed by atoms with Gasteiger partial charge in [0.25, 0.3) is 0 Å². The largest absolute Gasteiger partial charge is 0.399 e. The number of nitrogen functional groups attached to an aromatic ring is 1. The number of anilines is 1. The van der Waals surface area contributed by atoms with E-state index in [9.17, 15) is 4.79 Å². The van der Waals surface area contributed by atoms with Crippen LogP contribution in [0.3, 0.4) is 0 Å². The summed E-state index contributed by atoms with van der Waals surface area (Å²) < 4.78 is 0. The smallest absolute Gasteiger partial charge is 0.244 e. The average molecular weight is 200 g/mol. The molecule has 76 valence electrons. The van der Waals surface area contributed by atoms with Gasteiger partial charge in [-0.3, -0.25) is 4.79 Å². The van der Waals surface area contributed by atoms with Gasteiger partial charge in [0.1, 0.15) is 0 Å². The molecule has 0 saturated heterocycles. The second-order valence-electron chi connectivity index (χ2n) is 2.93. The van der Waals surface area contributed by atoms with Gasteiger partial charge in [0, 0.05) is 11.8 Å². The van der Waals surface area contributed by atoms with Crippen molar-refractivity contribution in [2.45, 2.75) is 0 Å². The van der Waals surface area contributed by atoms with Crippen molar-refractivity contribution >= 4 is 17.7 Å².